The molecule has 4 nitrogen and oxygen atoms in total. The summed E-state index contributed by atoms with van der Waals surface area (Å²) in [5, 5.41) is 9.27. The molecule has 6 heteroatoms. The van der Waals surface area contributed by atoms with Crippen LogP contribution in [0.4, 0.5) is 0 Å². The van der Waals surface area contributed by atoms with Gasteiger partial charge in [-0.15, -0.1) is 11.3 Å². The van der Waals surface area contributed by atoms with E-state index in [1.807, 2.05) is 11.4 Å². The van der Waals surface area contributed by atoms with E-state index < -0.39 is 0 Å². The first-order chi connectivity index (χ1) is 8.74. The molecule has 3 rings (SSSR count). The Morgan fingerprint density at radius 1 is 1.61 bits per heavy atom. The molecule has 1 aliphatic carbocycles. The fraction of sp³-hybridized carbons (Fsp3) is 0.500. The molecule has 0 saturated heterocycles. The minimum atomic E-state index is -0.0475. The maximum atomic E-state index is 5.67. The Balaban J connectivity index is 1.97. The van der Waals surface area contributed by atoms with Gasteiger partial charge >= 0.3 is 0 Å². The second kappa shape index (κ2) is 4.60. The third kappa shape index (κ3) is 1.94. The van der Waals surface area contributed by atoms with Gasteiger partial charge in [0.25, 0.3) is 0 Å². The summed E-state index contributed by atoms with van der Waals surface area (Å²) >= 11 is 7.00. The first-order valence-corrected chi connectivity index (χ1v) is 7.27. The number of hydrogen-bond donors (Lipinski definition) is 1. The van der Waals surface area contributed by atoms with Crippen LogP contribution in [0.25, 0.3) is 10.7 Å². The number of rotatable bonds is 4. The van der Waals surface area contributed by atoms with Crippen molar-refractivity contribution >= 4 is 23.6 Å². The Morgan fingerprint density at radius 2 is 2.44 bits per heavy atom. The summed E-state index contributed by atoms with van der Waals surface area (Å²) in [5.41, 5.74) is -0.0475. The minimum Gasteiger partial charge on any atom is -0.376 e. The zero-order chi connectivity index (χ0) is 12.6. The fourth-order valence-electron chi connectivity index (χ4n) is 2.34. The maximum Gasteiger partial charge on any atom is 0.195 e. The van der Waals surface area contributed by atoms with E-state index in [2.05, 4.69) is 20.8 Å². The normalized spacial score (nSPS) is 17.6. The number of methoxy groups -OCH3 is 1. The number of H-pyrrole nitrogens is 1. The lowest BCUT2D eigenvalue weighted by Crippen LogP contribution is -2.43. The van der Waals surface area contributed by atoms with E-state index in [9.17, 15) is 0 Å². The lowest BCUT2D eigenvalue weighted by atomic mass is 9.80. The van der Waals surface area contributed by atoms with Crippen molar-refractivity contribution in [1.82, 2.24) is 14.8 Å². The Morgan fingerprint density at radius 3 is 3.00 bits per heavy atom. The van der Waals surface area contributed by atoms with Crippen LogP contribution < -0.4 is 0 Å². The number of thiophene rings is 1. The Kier molecular flexibility index (Phi) is 3.09. The zero-order valence-electron chi connectivity index (χ0n) is 10.2. The second-order valence-electron chi connectivity index (χ2n) is 4.66. The van der Waals surface area contributed by atoms with Gasteiger partial charge in [0.2, 0.25) is 0 Å². The molecular formula is C12H15N3OS2. The molecule has 0 spiro atoms. The number of aromatic amines is 1. The van der Waals surface area contributed by atoms with Crippen LogP contribution in [0.2, 0.25) is 0 Å². The van der Waals surface area contributed by atoms with Crippen molar-refractivity contribution in [2.45, 2.75) is 31.4 Å². The summed E-state index contributed by atoms with van der Waals surface area (Å²) in [6.07, 6.45) is 3.42. The molecule has 0 bridgehead atoms. The lowest BCUT2D eigenvalue weighted by molar-refractivity contribution is -0.0835. The standard InChI is InChI=1S/C12H15N3OS2/c1-16-12(5-3-6-12)8-15-10(13-14-11(15)17)9-4-2-7-18-9/h2,4,7H,3,5-6,8H2,1H3,(H,14,17). The van der Waals surface area contributed by atoms with Crippen molar-refractivity contribution < 1.29 is 4.74 Å². The van der Waals surface area contributed by atoms with Gasteiger partial charge in [0.15, 0.2) is 10.6 Å². The van der Waals surface area contributed by atoms with Crippen LogP contribution >= 0.6 is 23.6 Å². The summed E-state index contributed by atoms with van der Waals surface area (Å²) in [6.45, 7) is 0.784. The largest absolute Gasteiger partial charge is 0.376 e. The predicted molar refractivity (Wildman–Crippen MR) is 74.3 cm³/mol. The fourth-order valence-corrected chi connectivity index (χ4v) is 3.26. The van der Waals surface area contributed by atoms with E-state index in [4.69, 9.17) is 17.0 Å². The summed E-state index contributed by atoms with van der Waals surface area (Å²) in [5.74, 6) is 0.915. The highest BCUT2D eigenvalue weighted by molar-refractivity contribution is 7.71. The monoisotopic (exact) mass is 281 g/mol. The highest BCUT2D eigenvalue weighted by Gasteiger charge is 2.38. The smallest absolute Gasteiger partial charge is 0.195 e. The number of ether oxygens (including phenoxy) is 1. The van der Waals surface area contributed by atoms with Gasteiger partial charge in [0.1, 0.15) is 0 Å². The van der Waals surface area contributed by atoms with Crippen LogP contribution in [0, 0.1) is 4.77 Å². The van der Waals surface area contributed by atoms with Gasteiger partial charge in [0.05, 0.1) is 17.0 Å². The molecular weight excluding hydrogens is 266 g/mol. The Hall–Kier alpha value is -0.980. The highest BCUT2D eigenvalue weighted by Crippen LogP contribution is 2.37. The average molecular weight is 281 g/mol. The first kappa shape index (κ1) is 12.1. The van der Waals surface area contributed by atoms with Gasteiger partial charge in [-0.2, -0.15) is 5.10 Å². The molecule has 0 aliphatic heterocycles. The van der Waals surface area contributed by atoms with Crippen LogP contribution in [0.15, 0.2) is 17.5 Å². The summed E-state index contributed by atoms with van der Waals surface area (Å²) in [6, 6.07) is 4.09. The van der Waals surface area contributed by atoms with E-state index in [0.29, 0.717) is 4.77 Å². The third-order valence-corrected chi connectivity index (χ3v) is 4.82. The number of hydrogen-bond acceptors (Lipinski definition) is 4. The quantitative estimate of drug-likeness (QED) is 0.875. The highest BCUT2D eigenvalue weighted by atomic mass is 32.1. The van der Waals surface area contributed by atoms with E-state index >= 15 is 0 Å². The van der Waals surface area contributed by atoms with Gasteiger partial charge in [0, 0.05) is 7.11 Å². The van der Waals surface area contributed by atoms with Gasteiger partial charge in [-0.25, -0.2) is 0 Å². The second-order valence-corrected chi connectivity index (χ2v) is 5.99. The lowest BCUT2D eigenvalue weighted by Gasteiger charge is -2.40. The van der Waals surface area contributed by atoms with Crippen LogP contribution in [-0.2, 0) is 11.3 Å². The van der Waals surface area contributed by atoms with Crippen LogP contribution in [0.1, 0.15) is 19.3 Å². The Labute approximate surface area is 115 Å². The van der Waals surface area contributed by atoms with Gasteiger partial charge in [-0.1, -0.05) is 6.07 Å². The molecule has 0 atom stereocenters. The van der Waals surface area contributed by atoms with Gasteiger partial charge < -0.3 is 4.74 Å². The van der Waals surface area contributed by atoms with Crippen LogP contribution in [0.5, 0.6) is 0 Å². The molecule has 0 amide bonds. The van der Waals surface area contributed by atoms with Crippen molar-refractivity contribution in [3.05, 3.63) is 22.3 Å². The topological polar surface area (TPSA) is 42.8 Å². The van der Waals surface area contributed by atoms with E-state index in [1.54, 1.807) is 18.4 Å². The minimum absolute atomic E-state index is 0.0475. The van der Waals surface area contributed by atoms with E-state index in [0.717, 1.165) is 30.1 Å². The van der Waals surface area contributed by atoms with Crippen molar-refractivity contribution in [3.8, 4) is 10.7 Å². The molecule has 1 N–H and O–H groups in total. The molecule has 0 radical (unpaired) electrons. The van der Waals surface area contributed by atoms with E-state index in [1.165, 1.54) is 6.42 Å². The number of nitrogens with one attached hydrogen (secondary N) is 1. The van der Waals surface area contributed by atoms with E-state index in [-0.39, 0.29) is 5.60 Å². The first-order valence-electron chi connectivity index (χ1n) is 5.98. The number of nitrogens with zero attached hydrogens (tertiary/aromatic N) is 2. The molecule has 2 heterocycles. The molecule has 96 valence electrons. The molecule has 18 heavy (non-hydrogen) atoms. The van der Waals surface area contributed by atoms with Crippen LogP contribution in [0.3, 0.4) is 0 Å². The van der Waals surface area contributed by atoms with Crippen molar-refractivity contribution in [1.29, 1.82) is 0 Å². The zero-order valence-corrected chi connectivity index (χ0v) is 11.8. The summed E-state index contributed by atoms with van der Waals surface area (Å²) in [7, 11) is 1.79. The molecule has 1 fully saturated rings. The Bertz CT molecular complexity index is 575. The third-order valence-electron chi connectivity index (χ3n) is 3.64. The summed E-state index contributed by atoms with van der Waals surface area (Å²) in [4.78, 5) is 1.13. The van der Waals surface area contributed by atoms with Gasteiger partial charge in [-0.3, -0.25) is 9.67 Å². The van der Waals surface area contributed by atoms with Crippen molar-refractivity contribution in [3.63, 3.8) is 0 Å². The molecule has 2 aromatic rings. The average Bonchev–Trinajstić information content (AvgIpc) is 2.94. The number of aromatic nitrogens is 3. The molecule has 0 unspecified atom stereocenters. The molecule has 1 saturated carbocycles. The SMILES string of the molecule is COC1(Cn2c(-c3cccs3)n[nH]c2=S)CCC1. The maximum absolute atomic E-state index is 5.67. The van der Waals surface area contributed by atoms with Crippen molar-refractivity contribution in [2.24, 2.45) is 0 Å². The van der Waals surface area contributed by atoms with Gasteiger partial charge in [-0.05, 0) is 42.9 Å². The molecule has 1 aliphatic rings. The summed E-state index contributed by atoms with van der Waals surface area (Å²) < 4.78 is 8.40. The predicted octanol–water partition coefficient (Wildman–Crippen LogP) is 3.24. The molecule has 0 aromatic carbocycles. The van der Waals surface area contributed by atoms with Crippen LogP contribution in [-0.4, -0.2) is 27.5 Å². The van der Waals surface area contributed by atoms with Crippen molar-refractivity contribution in [2.75, 3.05) is 7.11 Å². The molecule has 2 aromatic heterocycles.